The molecule has 6 heteroatoms. The minimum atomic E-state index is -2.59. The molecule has 78 valence electrons. The van der Waals surface area contributed by atoms with Crippen molar-refractivity contribution in [2.24, 2.45) is 5.92 Å². The number of alkyl halides is 2. The van der Waals surface area contributed by atoms with Gasteiger partial charge in [-0.1, -0.05) is 11.3 Å². The van der Waals surface area contributed by atoms with E-state index in [0.29, 0.717) is 18.0 Å². The molecule has 1 saturated carbocycles. The van der Waals surface area contributed by atoms with E-state index in [1.165, 1.54) is 11.3 Å². The van der Waals surface area contributed by atoms with Crippen molar-refractivity contribution in [1.29, 1.82) is 0 Å². The van der Waals surface area contributed by atoms with Crippen LogP contribution in [-0.2, 0) is 0 Å². The molecule has 2 nitrogen and oxygen atoms in total. The van der Waals surface area contributed by atoms with Crippen molar-refractivity contribution in [3.05, 3.63) is 9.98 Å². The maximum atomic E-state index is 13.2. The molecule has 1 aromatic rings. The maximum Gasteiger partial charge on any atom is 0.267 e. The van der Waals surface area contributed by atoms with Gasteiger partial charge in [0.25, 0.3) is 5.92 Å². The fourth-order valence-electron chi connectivity index (χ4n) is 1.18. The second-order valence-electron chi connectivity index (χ2n) is 3.36. The van der Waals surface area contributed by atoms with Gasteiger partial charge in [0.2, 0.25) is 0 Å². The van der Waals surface area contributed by atoms with E-state index in [9.17, 15) is 8.78 Å². The van der Waals surface area contributed by atoms with Gasteiger partial charge in [-0.3, -0.25) is 0 Å². The third-order valence-corrected chi connectivity index (χ3v) is 3.56. The lowest BCUT2D eigenvalue weighted by molar-refractivity contribution is -0.00816. The van der Waals surface area contributed by atoms with Crippen LogP contribution in [0.2, 0.25) is 0 Å². The quantitative estimate of drug-likeness (QED) is 0.916. The van der Waals surface area contributed by atoms with Crippen molar-refractivity contribution in [2.75, 3.05) is 11.9 Å². The molecule has 1 aromatic heterocycles. The molecule has 0 saturated heterocycles. The van der Waals surface area contributed by atoms with Crippen LogP contribution in [0.25, 0.3) is 0 Å². The second kappa shape index (κ2) is 3.73. The first-order valence-electron chi connectivity index (χ1n) is 4.31. The molecular weight excluding hydrogens is 274 g/mol. The first kappa shape index (κ1) is 10.3. The number of aromatic nitrogens is 1. The van der Waals surface area contributed by atoms with Gasteiger partial charge in [0, 0.05) is 5.92 Å². The number of rotatable bonds is 4. The molecule has 14 heavy (non-hydrogen) atoms. The van der Waals surface area contributed by atoms with Crippen LogP contribution in [0.4, 0.5) is 13.9 Å². The van der Waals surface area contributed by atoms with E-state index in [1.807, 2.05) is 0 Å². The number of thiazole rings is 1. The molecule has 0 spiro atoms. The van der Waals surface area contributed by atoms with Crippen molar-refractivity contribution < 1.29 is 8.78 Å². The Morgan fingerprint density at radius 1 is 1.64 bits per heavy atom. The Kier molecular flexibility index (Phi) is 2.74. The van der Waals surface area contributed by atoms with Gasteiger partial charge in [0.05, 0.1) is 16.5 Å². The van der Waals surface area contributed by atoms with Crippen molar-refractivity contribution >= 4 is 32.4 Å². The van der Waals surface area contributed by atoms with Crippen LogP contribution < -0.4 is 5.32 Å². The average molecular weight is 283 g/mol. The van der Waals surface area contributed by atoms with Crippen LogP contribution in [0.3, 0.4) is 0 Å². The Bertz CT molecular complexity index is 325. The summed E-state index contributed by atoms with van der Waals surface area (Å²) in [6.45, 7) is -0.308. The average Bonchev–Trinajstić information content (AvgIpc) is 2.89. The summed E-state index contributed by atoms with van der Waals surface area (Å²) in [4.78, 5) is 3.93. The van der Waals surface area contributed by atoms with E-state index in [1.54, 1.807) is 6.20 Å². The fraction of sp³-hybridized carbons (Fsp3) is 0.625. The number of nitrogens with zero attached hydrogens (tertiary/aromatic N) is 1. The third-order valence-electron chi connectivity index (χ3n) is 2.13. The number of nitrogens with one attached hydrogen (secondary N) is 1. The number of hydrogen-bond acceptors (Lipinski definition) is 3. The minimum absolute atomic E-state index is 0.308. The molecule has 0 atom stereocenters. The van der Waals surface area contributed by atoms with Gasteiger partial charge in [-0.05, 0) is 28.8 Å². The van der Waals surface area contributed by atoms with Crippen molar-refractivity contribution in [1.82, 2.24) is 4.98 Å². The molecule has 0 bridgehead atoms. The standard InChI is InChI=1S/C8H9BrF2N2S/c9-6-3-12-7(14-6)13-4-8(10,11)5-1-2-5/h3,5H,1-2,4H2,(H,12,13). The SMILES string of the molecule is FC(F)(CNc1ncc(Br)s1)C1CC1. The molecule has 1 N–H and O–H groups in total. The molecule has 0 radical (unpaired) electrons. The van der Waals surface area contributed by atoms with Gasteiger partial charge in [-0.2, -0.15) is 0 Å². The summed E-state index contributed by atoms with van der Waals surface area (Å²) in [6, 6.07) is 0. The molecule has 1 aliphatic carbocycles. The molecule has 1 fully saturated rings. The summed E-state index contributed by atoms with van der Waals surface area (Å²) in [7, 11) is 0. The van der Waals surface area contributed by atoms with Crippen LogP contribution in [0, 0.1) is 5.92 Å². The highest BCUT2D eigenvalue weighted by atomic mass is 79.9. The highest BCUT2D eigenvalue weighted by Crippen LogP contribution is 2.43. The highest BCUT2D eigenvalue weighted by molar-refractivity contribution is 9.11. The molecule has 1 aliphatic rings. The zero-order chi connectivity index (χ0) is 10.2. The molecule has 0 amide bonds. The fourth-order valence-corrected chi connectivity index (χ4v) is 2.28. The Balaban J connectivity index is 1.87. The van der Waals surface area contributed by atoms with Crippen LogP contribution in [0.1, 0.15) is 12.8 Å². The summed E-state index contributed by atoms with van der Waals surface area (Å²) in [5.74, 6) is -3.00. The number of anilines is 1. The summed E-state index contributed by atoms with van der Waals surface area (Å²) in [5, 5.41) is 3.19. The third kappa shape index (κ3) is 2.42. The van der Waals surface area contributed by atoms with Crippen molar-refractivity contribution in [3.8, 4) is 0 Å². The maximum absolute atomic E-state index is 13.2. The van der Waals surface area contributed by atoms with Gasteiger partial charge in [-0.25, -0.2) is 13.8 Å². The largest absolute Gasteiger partial charge is 0.355 e. The van der Waals surface area contributed by atoms with Crippen molar-refractivity contribution in [3.63, 3.8) is 0 Å². The van der Waals surface area contributed by atoms with Gasteiger partial charge in [0.1, 0.15) is 0 Å². The minimum Gasteiger partial charge on any atom is -0.355 e. The van der Waals surface area contributed by atoms with Gasteiger partial charge in [0.15, 0.2) is 5.13 Å². The van der Waals surface area contributed by atoms with Gasteiger partial charge in [-0.15, -0.1) is 0 Å². The molecule has 0 unspecified atom stereocenters. The molecule has 1 heterocycles. The Hall–Kier alpha value is -0.230. The zero-order valence-corrected chi connectivity index (χ0v) is 9.67. The Labute approximate surface area is 92.9 Å². The van der Waals surface area contributed by atoms with Crippen LogP contribution in [0.15, 0.2) is 9.98 Å². The first-order chi connectivity index (χ1) is 6.58. The lowest BCUT2D eigenvalue weighted by atomic mass is 10.2. The van der Waals surface area contributed by atoms with E-state index in [4.69, 9.17) is 0 Å². The van der Waals surface area contributed by atoms with Gasteiger partial charge >= 0.3 is 0 Å². The van der Waals surface area contributed by atoms with E-state index in [0.717, 1.165) is 3.79 Å². The van der Waals surface area contributed by atoms with Gasteiger partial charge < -0.3 is 5.32 Å². The smallest absolute Gasteiger partial charge is 0.267 e. The predicted molar refractivity (Wildman–Crippen MR) is 56.0 cm³/mol. The van der Waals surface area contributed by atoms with E-state index in [2.05, 4.69) is 26.2 Å². The van der Waals surface area contributed by atoms with E-state index in [-0.39, 0.29) is 6.54 Å². The molecule has 0 aliphatic heterocycles. The first-order valence-corrected chi connectivity index (χ1v) is 5.92. The molecule has 0 aromatic carbocycles. The van der Waals surface area contributed by atoms with Crippen LogP contribution >= 0.6 is 27.3 Å². The predicted octanol–water partition coefficient (Wildman–Crippen LogP) is 3.36. The summed E-state index contributed by atoms with van der Waals surface area (Å²) in [5.41, 5.74) is 0. The lowest BCUT2D eigenvalue weighted by Crippen LogP contribution is -2.29. The van der Waals surface area contributed by atoms with E-state index >= 15 is 0 Å². The topological polar surface area (TPSA) is 24.9 Å². The number of hydrogen-bond donors (Lipinski definition) is 1. The highest BCUT2D eigenvalue weighted by Gasteiger charge is 2.46. The zero-order valence-electron chi connectivity index (χ0n) is 7.27. The summed E-state index contributed by atoms with van der Waals surface area (Å²) in [6.07, 6.45) is 2.90. The summed E-state index contributed by atoms with van der Waals surface area (Å²) < 4.78 is 27.3. The van der Waals surface area contributed by atoms with E-state index < -0.39 is 11.8 Å². The molecule has 2 rings (SSSR count). The van der Waals surface area contributed by atoms with Crippen molar-refractivity contribution in [2.45, 2.75) is 18.8 Å². The Morgan fingerprint density at radius 2 is 2.36 bits per heavy atom. The normalized spacial score (nSPS) is 17.1. The molecular formula is C8H9BrF2N2S. The lowest BCUT2D eigenvalue weighted by Gasteiger charge is -2.15. The summed E-state index contributed by atoms with van der Waals surface area (Å²) >= 11 is 4.54. The van der Waals surface area contributed by atoms with Crippen LogP contribution in [-0.4, -0.2) is 17.5 Å². The van der Waals surface area contributed by atoms with Crippen LogP contribution in [0.5, 0.6) is 0 Å². The monoisotopic (exact) mass is 282 g/mol. The second-order valence-corrected chi connectivity index (χ2v) is 5.77. The number of halogens is 3. The Morgan fingerprint density at radius 3 is 2.86 bits per heavy atom.